The standard InChI is InChI=1S/C18H19N3OS/c1-3-11-21-17(20-16-5-4-10-19-12-16)23-13-18(21,22)15-8-6-14(2)7-9-15/h3-10,12,22H,1,11,13H2,2H3/t18-/m0/s1. The molecule has 1 saturated heterocycles. The lowest BCUT2D eigenvalue weighted by Gasteiger charge is -2.33. The number of aryl methyl sites for hydroxylation is 1. The van der Waals surface area contributed by atoms with E-state index in [2.05, 4.69) is 16.6 Å². The van der Waals surface area contributed by atoms with Crippen LogP contribution in [-0.4, -0.2) is 32.5 Å². The number of benzene rings is 1. The van der Waals surface area contributed by atoms with Gasteiger partial charge in [-0.3, -0.25) is 4.98 Å². The molecular weight excluding hydrogens is 306 g/mol. The third-order valence-electron chi connectivity index (χ3n) is 3.78. The first-order chi connectivity index (χ1) is 11.1. The minimum absolute atomic E-state index is 0.524. The average Bonchev–Trinajstić information content (AvgIpc) is 2.87. The van der Waals surface area contributed by atoms with Gasteiger partial charge in [0.05, 0.1) is 17.6 Å². The summed E-state index contributed by atoms with van der Waals surface area (Å²) >= 11 is 1.54. The molecule has 2 heterocycles. The molecule has 1 N–H and O–H groups in total. The van der Waals surface area contributed by atoms with Crippen molar-refractivity contribution in [3.05, 3.63) is 72.6 Å². The van der Waals surface area contributed by atoms with Crippen LogP contribution >= 0.6 is 11.8 Å². The molecule has 118 valence electrons. The lowest BCUT2D eigenvalue weighted by molar-refractivity contribution is -0.0422. The number of rotatable bonds is 4. The van der Waals surface area contributed by atoms with Crippen molar-refractivity contribution in [1.82, 2.24) is 9.88 Å². The minimum atomic E-state index is -1.08. The molecule has 1 atom stereocenters. The molecule has 0 bridgehead atoms. The number of hydrogen-bond acceptors (Lipinski definition) is 4. The maximum Gasteiger partial charge on any atom is 0.175 e. The average molecular weight is 325 g/mol. The number of thioether (sulfide) groups is 1. The van der Waals surface area contributed by atoms with Gasteiger partial charge in [0.2, 0.25) is 0 Å². The Hall–Kier alpha value is -2.11. The van der Waals surface area contributed by atoms with Crippen molar-refractivity contribution in [2.45, 2.75) is 12.6 Å². The van der Waals surface area contributed by atoms with Crippen LogP contribution in [0.5, 0.6) is 0 Å². The smallest absolute Gasteiger partial charge is 0.175 e. The largest absolute Gasteiger partial charge is 0.366 e. The number of pyridine rings is 1. The van der Waals surface area contributed by atoms with E-state index in [1.165, 1.54) is 5.56 Å². The van der Waals surface area contributed by atoms with Crippen LogP contribution in [0.2, 0.25) is 0 Å². The van der Waals surface area contributed by atoms with Crippen LogP contribution in [0.3, 0.4) is 0 Å². The van der Waals surface area contributed by atoms with Gasteiger partial charge >= 0.3 is 0 Å². The number of nitrogens with zero attached hydrogens (tertiary/aromatic N) is 3. The fourth-order valence-electron chi connectivity index (χ4n) is 2.52. The molecule has 1 aliphatic rings. The second kappa shape index (κ2) is 6.56. The third-order valence-corrected chi connectivity index (χ3v) is 4.89. The second-order valence-electron chi connectivity index (χ2n) is 5.48. The van der Waals surface area contributed by atoms with Crippen LogP contribution in [-0.2, 0) is 5.72 Å². The number of hydrogen-bond donors (Lipinski definition) is 1. The Bertz CT molecular complexity index is 715. The molecule has 0 aliphatic carbocycles. The zero-order valence-electron chi connectivity index (χ0n) is 13.0. The molecule has 0 spiro atoms. The minimum Gasteiger partial charge on any atom is -0.366 e. The Morgan fingerprint density at radius 1 is 1.39 bits per heavy atom. The van der Waals surface area contributed by atoms with Crippen LogP contribution in [0.4, 0.5) is 5.69 Å². The van der Waals surface area contributed by atoms with Gasteiger partial charge in [-0.05, 0) is 19.1 Å². The fraction of sp³-hybridized carbons (Fsp3) is 0.222. The molecule has 0 amide bonds. The zero-order chi connectivity index (χ0) is 16.3. The highest BCUT2D eigenvalue weighted by Gasteiger charge is 2.44. The Balaban J connectivity index is 1.97. The number of aliphatic imine (C=N–C) groups is 1. The summed E-state index contributed by atoms with van der Waals surface area (Å²) < 4.78 is 0. The quantitative estimate of drug-likeness (QED) is 0.875. The summed E-state index contributed by atoms with van der Waals surface area (Å²) in [5, 5.41) is 12.0. The summed E-state index contributed by atoms with van der Waals surface area (Å²) in [6.07, 6.45) is 5.21. The van der Waals surface area contributed by atoms with Crippen LogP contribution < -0.4 is 0 Å². The molecule has 1 aliphatic heterocycles. The first kappa shape index (κ1) is 15.8. The lowest BCUT2D eigenvalue weighted by Crippen LogP contribution is -2.45. The van der Waals surface area contributed by atoms with Gasteiger partial charge in [0, 0.05) is 18.3 Å². The highest BCUT2D eigenvalue weighted by Crippen LogP contribution is 2.39. The number of amidine groups is 1. The van der Waals surface area contributed by atoms with Gasteiger partial charge in [-0.25, -0.2) is 4.99 Å². The van der Waals surface area contributed by atoms with Gasteiger partial charge in [-0.2, -0.15) is 0 Å². The fourth-order valence-corrected chi connectivity index (χ4v) is 3.72. The summed E-state index contributed by atoms with van der Waals surface area (Å²) in [4.78, 5) is 10.6. The molecule has 23 heavy (non-hydrogen) atoms. The Morgan fingerprint density at radius 2 is 2.17 bits per heavy atom. The Labute approximate surface area is 140 Å². The van der Waals surface area contributed by atoms with Gasteiger partial charge in [0.1, 0.15) is 0 Å². The molecule has 4 nitrogen and oxygen atoms in total. The third kappa shape index (κ3) is 3.16. The molecule has 5 heteroatoms. The number of aromatic nitrogens is 1. The van der Waals surface area contributed by atoms with Gasteiger partial charge in [0.15, 0.2) is 10.9 Å². The normalized spacial score (nSPS) is 22.5. The van der Waals surface area contributed by atoms with Crippen molar-refractivity contribution in [3.63, 3.8) is 0 Å². The molecule has 0 radical (unpaired) electrons. The van der Waals surface area contributed by atoms with E-state index in [-0.39, 0.29) is 0 Å². The summed E-state index contributed by atoms with van der Waals surface area (Å²) in [7, 11) is 0. The SMILES string of the molecule is C=CCN1C(=Nc2cccnc2)SC[C@]1(O)c1ccc(C)cc1. The van der Waals surface area contributed by atoms with Crippen molar-refractivity contribution in [2.75, 3.05) is 12.3 Å². The topological polar surface area (TPSA) is 48.7 Å². The van der Waals surface area contributed by atoms with Crippen LogP contribution in [0.25, 0.3) is 0 Å². The lowest BCUT2D eigenvalue weighted by atomic mass is 10.0. The van der Waals surface area contributed by atoms with E-state index >= 15 is 0 Å². The van der Waals surface area contributed by atoms with Crippen molar-refractivity contribution >= 4 is 22.6 Å². The van der Waals surface area contributed by atoms with Crippen molar-refractivity contribution in [3.8, 4) is 0 Å². The summed E-state index contributed by atoms with van der Waals surface area (Å²) in [6, 6.07) is 11.7. The summed E-state index contributed by atoms with van der Waals surface area (Å²) in [5.41, 5.74) is 1.74. The first-order valence-electron chi connectivity index (χ1n) is 7.43. The van der Waals surface area contributed by atoms with Gasteiger partial charge in [0.25, 0.3) is 0 Å². The van der Waals surface area contributed by atoms with Crippen molar-refractivity contribution in [1.29, 1.82) is 0 Å². The van der Waals surface area contributed by atoms with Crippen molar-refractivity contribution < 1.29 is 5.11 Å². The summed E-state index contributed by atoms with van der Waals surface area (Å²) in [5.74, 6) is 0.531. The zero-order valence-corrected chi connectivity index (χ0v) is 13.8. The predicted octanol–water partition coefficient (Wildman–Crippen LogP) is 3.46. The highest BCUT2D eigenvalue weighted by molar-refractivity contribution is 8.14. The first-order valence-corrected chi connectivity index (χ1v) is 8.41. The van der Waals surface area contributed by atoms with Crippen LogP contribution in [0, 0.1) is 6.92 Å². The van der Waals surface area contributed by atoms with E-state index in [0.717, 1.165) is 16.4 Å². The second-order valence-corrected chi connectivity index (χ2v) is 6.42. The van der Waals surface area contributed by atoms with E-state index < -0.39 is 5.72 Å². The summed E-state index contributed by atoms with van der Waals surface area (Å²) in [6.45, 7) is 6.37. The predicted molar refractivity (Wildman–Crippen MR) is 95.8 cm³/mol. The van der Waals surface area contributed by atoms with E-state index in [0.29, 0.717) is 12.3 Å². The molecule has 3 rings (SSSR count). The molecule has 0 unspecified atom stereocenters. The molecule has 2 aromatic rings. The van der Waals surface area contributed by atoms with E-state index in [1.807, 2.05) is 48.2 Å². The molecule has 1 aromatic carbocycles. The van der Waals surface area contributed by atoms with E-state index in [1.54, 1.807) is 30.2 Å². The van der Waals surface area contributed by atoms with Gasteiger partial charge < -0.3 is 10.0 Å². The van der Waals surface area contributed by atoms with Gasteiger partial charge in [-0.1, -0.05) is 47.7 Å². The maximum absolute atomic E-state index is 11.3. The molecule has 1 aromatic heterocycles. The maximum atomic E-state index is 11.3. The number of aliphatic hydroxyl groups is 1. The monoisotopic (exact) mass is 325 g/mol. The Morgan fingerprint density at radius 3 is 2.83 bits per heavy atom. The molecule has 1 fully saturated rings. The van der Waals surface area contributed by atoms with E-state index in [9.17, 15) is 5.11 Å². The highest BCUT2D eigenvalue weighted by atomic mass is 32.2. The van der Waals surface area contributed by atoms with Gasteiger partial charge in [-0.15, -0.1) is 6.58 Å². The molecular formula is C18H19N3OS. The molecule has 0 saturated carbocycles. The van der Waals surface area contributed by atoms with Crippen LogP contribution in [0.1, 0.15) is 11.1 Å². The van der Waals surface area contributed by atoms with E-state index in [4.69, 9.17) is 0 Å². The van der Waals surface area contributed by atoms with Crippen LogP contribution in [0.15, 0.2) is 66.4 Å². The Kier molecular flexibility index (Phi) is 4.50. The van der Waals surface area contributed by atoms with Crippen molar-refractivity contribution in [2.24, 2.45) is 4.99 Å².